The second-order valence-corrected chi connectivity index (χ2v) is 8.95. The molecule has 196 valence electrons. The first-order chi connectivity index (χ1) is 18.9. The summed E-state index contributed by atoms with van der Waals surface area (Å²) in [7, 11) is 0. The topological polar surface area (TPSA) is 87.7 Å². The molecule has 1 aliphatic rings. The van der Waals surface area contributed by atoms with Crippen molar-refractivity contribution in [2.24, 2.45) is 0 Å². The van der Waals surface area contributed by atoms with Gasteiger partial charge in [0.2, 0.25) is 0 Å². The lowest BCUT2D eigenvalue weighted by molar-refractivity contribution is -0.121. The van der Waals surface area contributed by atoms with Crippen LogP contribution in [-0.4, -0.2) is 28.8 Å². The minimum atomic E-state index is -1.06. The fourth-order valence-electron chi connectivity index (χ4n) is 4.34. The standard InChI is InChI=1S/C30H23F2N3O4/c31-22-11-9-20(10-12-22)28(36)34-25-8-4-7-21(17-25)27-26(29(37)33-24-15-13-23(32)14-16-24)35(30(38)39-27)18-19-5-2-1-3-6-19/h1-17,26-27H,18H2,(H,33,37)(H,34,36). The Bertz CT molecular complexity index is 1500. The minimum Gasteiger partial charge on any atom is -0.438 e. The SMILES string of the molecule is O=C(Nc1cccc(C2OC(=O)N(Cc3ccccc3)C2C(=O)Nc2ccc(F)cc2)c1)c1ccc(F)cc1. The molecule has 5 rings (SSSR count). The molecule has 1 aliphatic heterocycles. The molecule has 0 saturated carbocycles. The molecule has 0 spiro atoms. The lowest BCUT2D eigenvalue weighted by atomic mass is 10.00. The number of halogens is 2. The first-order valence-corrected chi connectivity index (χ1v) is 12.1. The first-order valence-electron chi connectivity index (χ1n) is 12.1. The van der Waals surface area contributed by atoms with Crippen LogP contribution in [-0.2, 0) is 16.1 Å². The van der Waals surface area contributed by atoms with Gasteiger partial charge in [-0.25, -0.2) is 13.6 Å². The average Bonchev–Trinajstić information content (AvgIpc) is 3.27. The average molecular weight is 528 g/mol. The maximum atomic E-state index is 13.5. The first kappa shape index (κ1) is 25.6. The van der Waals surface area contributed by atoms with Crippen molar-refractivity contribution in [2.75, 3.05) is 10.6 Å². The van der Waals surface area contributed by atoms with Gasteiger partial charge in [0, 0.05) is 16.9 Å². The fraction of sp³-hybridized carbons (Fsp3) is 0.100. The smallest absolute Gasteiger partial charge is 0.411 e. The van der Waals surface area contributed by atoms with Crippen LogP contribution in [0, 0.1) is 11.6 Å². The fourth-order valence-corrected chi connectivity index (χ4v) is 4.34. The summed E-state index contributed by atoms with van der Waals surface area (Å²) in [6.45, 7) is 0.124. The van der Waals surface area contributed by atoms with Gasteiger partial charge in [-0.15, -0.1) is 0 Å². The van der Waals surface area contributed by atoms with Gasteiger partial charge in [0.1, 0.15) is 11.6 Å². The molecule has 2 unspecified atom stereocenters. The monoisotopic (exact) mass is 527 g/mol. The lowest BCUT2D eigenvalue weighted by Crippen LogP contribution is -2.43. The number of rotatable bonds is 7. The zero-order valence-corrected chi connectivity index (χ0v) is 20.5. The van der Waals surface area contributed by atoms with Gasteiger partial charge in [-0.05, 0) is 71.8 Å². The molecule has 7 nitrogen and oxygen atoms in total. The van der Waals surface area contributed by atoms with Crippen molar-refractivity contribution in [3.8, 4) is 0 Å². The summed E-state index contributed by atoms with van der Waals surface area (Å²) in [6, 6.07) is 25.1. The number of anilines is 2. The molecule has 0 aromatic heterocycles. The van der Waals surface area contributed by atoms with Crippen molar-refractivity contribution in [3.63, 3.8) is 0 Å². The van der Waals surface area contributed by atoms with Crippen molar-refractivity contribution >= 4 is 29.3 Å². The van der Waals surface area contributed by atoms with Crippen LogP contribution in [0.2, 0.25) is 0 Å². The van der Waals surface area contributed by atoms with Gasteiger partial charge in [-0.3, -0.25) is 14.5 Å². The van der Waals surface area contributed by atoms with E-state index in [-0.39, 0.29) is 12.1 Å². The van der Waals surface area contributed by atoms with Crippen molar-refractivity contribution in [1.29, 1.82) is 0 Å². The zero-order chi connectivity index (χ0) is 27.4. The Labute approximate surface area is 223 Å². The Morgan fingerprint density at radius 1 is 0.769 bits per heavy atom. The Kier molecular flexibility index (Phi) is 7.31. The highest BCUT2D eigenvalue weighted by Crippen LogP contribution is 2.35. The molecule has 9 heteroatoms. The molecule has 1 saturated heterocycles. The molecule has 3 amide bonds. The van der Waals surface area contributed by atoms with Gasteiger partial charge in [0.15, 0.2) is 12.1 Å². The van der Waals surface area contributed by atoms with Gasteiger partial charge in [0.25, 0.3) is 11.8 Å². The molecule has 0 radical (unpaired) electrons. The maximum absolute atomic E-state index is 13.5. The highest BCUT2D eigenvalue weighted by Gasteiger charge is 2.47. The summed E-state index contributed by atoms with van der Waals surface area (Å²) >= 11 is 0. The lowest BCUT2D eigenvalue weighted by Gasteiger charge is -2.24. The van der Waals surface area contributed by atoms with E-state index >= 15 is 0 Å². The van der Waals surface area contributed by atoms with E-state index in [1.807, 2.05) is 30.3 Å². The Hall–Kier alpha value is -5.05. The summed E-state index contributed by atoms with van der Waals surface area (Å²) in [5.74, 6) is -1.88. The Balaban J connectivity index is 1.43. The second-order valence-electron chi connectivity index (χ2n) is 8.95. The Morgan fingerprint density at radius 3 is 2.13 bits per heavy atom. The van der Waals surface area contributed by atoms with Gasteiger partial charge in [-0.1, -0.05) is 42.5 Å². The van der Waals surface area contributed by atoms with Crippen LogP contribution in [0.3, 0.4) is 0 Å². The predicted octanol–water partition coefficient (Wildman–Crippen LogP) is 5.92. The molecule has 0 bridgehead atoms. The number of nitrogens with one attached hydrogen (secondary N) is 2. The number of carbonyl (C=O) groups excluding carboxylic acids is 3. The van der Waals surface area contributed by atoms with Crippen molar-refractivity contribution in [3.05, 3.63) is 131 Å². The van der Waals surface area contributed by atoms with Crippen LogP contribution < -0.4 is 10.6 Å². The minimum absolute atomic E-state index is 0.124. The number of carbonyl (C=O) groups is 3. The predicted molar refractivity (Wildman–Crippen MR) is 141 cm³/mol. The number of amides is 3. The summed E-state index contributed by atoms with van der Waals surface area (Å²) in [6.07, 6.45) is -1.67. The zero-order valence-electron chi connectivity index (χ0n) is 20.5. The van der Waals surface area contributed by atoms with E-state index in [1.54, 1.807) is 24.3 Å². The van der Waals surface area contributed by atoms with E-state index in [9.17, 15) is 23.2 Å². The van der Waals surface area contributed by atoms with E-state index in [4.69, 9.17) is 4.74 Å². The molecule has 39 heavy (non-hydrogen) atoms. The summed E-state index contributed by atoms with van der Waals surface area (Å²) < 4.78 is 32.3. The quantitative estimate of drug-likeness (QED) is 0.313. The third-order valence-electron chi connectivity index (χ3n) is 6.24. The van der Waals surface area contributed by atoms with Crippen LogP contribution >= 0.6 is 0 Å². The van der Waals surface area contributed by atoms with Gasteiger partial charge >= 0.3 is 6.09 Å². The highest BCUT2D eigenvalue weighted by atomic mass is 19.1. The second kappa shape index (κ2) is 11.1. The number of hydrogen-bond donors (Lipinski definition) is 2. The normalized spacial score (nSPS) is 16.5. The van der Waals surface area contributed by atoms with E-state index in [1.165, 1.54) is 53.4 Å². The van der Waals surface area contributed by atoms with Crippen molar-refractivity contribution in [1.82, 2.24) is 4.90 Å². The molecular formula is C30H23F2N3O4. The number of ether oxygens (including phenoxy) is 1. The van der Waals surface area contributed by atoms with Crippen LogP contribution in [0.1, 0.15) is 27.6 Å². The summed E-state index contributed by atoms with van der Waals surface area (Å²) in [4.78, 5) is 40.5. The van der Waals surface area contributed by atoms with Gasteiger partial charge < -0.3 is 15.4 Å². The molecule has 2 atom stereocenters. The van der Waals surface area contributed by atoms with Crippen molar-refractivity contribution in [2.45, 2.75) is 18.7 Å². The van der Waals surface area contributed by atoms with E-state index in [0.29, 0.717) is 16.9 Å². The summed E-state index contributed by atoms with van der Waals surface area (Å²) in [5, 5.41) is 5.48. The molecule has 4 aromatic carbocycles. The largest absolute Gasteiger partial charge is 0.438 e. The molecule has 2 N–H and O–H groups in total. The van der Waals surface area contributed by atoms with E-state index in [0.717, 1.165) is 5.56 Å². The van der Waals surface area contributed by atoms with Gasteiger partial charge in [0.05, 0.1) is 6.54 Å². The van der Waals surface area contributed by atoms with Crippen LogP contribution in [0.25, 0.3) is 0 Å². The summed E-state index contributed by atoms with van der Waals surface area (Å²) in [5.41, 5.74) is 2.31. The molecule has 0 aliphatic carbocycles. The third-order valence-corrected chi connectivity index (χ3v) is 6.24. The third kappa shape index (κ3) is 5.93. The molecule has 4 aromatic rings. The van der Waals surface area contributed by atoms with E-state index < -0.39 is 41.7 Å². The number of hydrogen-bond acceptors (Lipinski definition) is 4. The van der Waals surface area contributed by atoms with Gasteiger partial charge in [-0.2, -0.15) is 0 Å². The van der Waals surface area contributed by atoms with Crippen LogP contribution in [0.15, 0.2) is 103 Å². The number of cyclic esters (lactones) is 1. The van der Waals surface area contributed by atoms with Crippen LogP contribution in [0.5, 0.6) is 0 Å². The highest BCUT2D eigenvalue weighted by molar-refractivity contribution is 6.04. The van der Waals surface area contributed by atoms with E-state index in [2.05, 4.69) is 10.6 Å². The number of nitrogens with zero attached hydrogens (tertiary/aromatic N) is 1. The molecule has 1 fully saturated rings. The Morgan fingerprint density at radius 2 is 1.44 bits per heavy atom. The van der Waals surface area contributed by atoms with Crippen molar-refractivity contribution < 1.29 is 27.9 Å². The molecular weight excluding hydrogens is 504 g/mol. The number of benzene rings is 4. The van der Waals surface area contributed by atoms with Crippen LogP contribution in [0.4, 0.5) is 25.0 Å². The maximum Gasteiger partial charge on any atom is 0.411 e. The molecule has 1 heterocycles.